The summed E-state index contributed by atoms with van der Waals surface area (Å²) in [6.45, 7) is 2.41. The van der Waals surface area contributed by atoms with Gasteiger partial charge in [0.25, 0.3) is 0 Å². The smallest absolute Gasteiger partial charge is 0.213 e. The summed E-state index contributed by atoms with van der Waals surface area (Å²) in [4.78, 5) is 23.1. The Balaban J connectivity index is 1.70. The maximum absolute atomic E-state index is 5.70. The van der Waals surface area contributed by atoms with Crippen molar-refractivity contribution in [3.63, 3.8) is 0 Å². The Hall–Kier alpha value is -4.38. The van der Waals surface area contributed by atoms with Crippen LogP contribution < -0.4 is 18.9 Å². The number of hydrogen-bond donors (Lipinski definition) is 1. The molecule has 0 bridgehead atoms. The highest BCUT2D eigenvalue weighted by atomic mass is 32.2. The zero-order chi connectivity index (χ0) is 24.9. The Bertz CT molecular complexity index is 1470. The third-order valence-electron chi connectivity index (χ3n) is 5.14. The topological polar surface area (TPSA) is 109 Å². The number of nitrogens with one attached hydrogen (secondary N) is 1. The average Bonchev–Trinajstić information content (AvgIpc) is 3.30. The second-order valence-electron chi connectivity index (χ2n) is 7.35. The molecule has 0 radical (unpaired) electrons. The lowest BCUT2D eigenvalue weighted by Crippen LogP contribution is -2.06. The molecule has 0 spiro atoms. The maximum atomic E-state index is 5.70. The van der Waals surface area contributed by atoms with Crippen molar-refractivity contribution in [3.05, 3.63) is 67.0 Å². The molecule has 11 heteroatoms. The Morgan fingerprint density at radius 1 is 0.889 bits per heavy atom. The molecule has 0 aliphatic rings. The third-order valence-corrected chi connectivity index (χ3v) is 5.90. The fourth-order valence-electron chi connectivity index (χ4n) is 3.62. The van der Waals surface area contributed by atoms with E-state index >= 15 is 0 Å². The first-order valence-corrected chi connectivity index (χ1v) is 11.9. The Morgan fingerprint density at radius 2 is 1.69 bits per heavy atom. The number of benzene rings is 1. The van der Waals surface area contributed by atoms with Crippen LogP contribution in [0.2, 0.25) is 0 Å². The van der Waals surface area contributed by atoms with Crippen LogP contribution in [0.1, 0.15) is 6.92 Å². The summed E-state index contributed by atoms with van der Waals surface area (Å²) in [5, 5.41) is 0.803. The van der Waals surface area contributed by atoms with Gasteiger partial charge in [-0.1, -0.05) is 18.2 Å². The third kappa shape index (κ3) is 4.60. The highest BCUT2D eigenvalue weighted by Gasteiger charge is 2.24. The predicted molar refractivity (Wildman–Crippen MR) is 138 cm³/mol. The van der Waals surface area contributed by atoms with Crippen LogP contribution in [-0.2, 0) is 0 Å². The van der Waals surface area contributed by atoms with E-state index in [-0.39, 0.29) is 0 Å². The number of anilines is 1. The minimum Gasteiger partial charge on any atom is -0.494 e. The van der Waals surface area contributed by atoms with Crippen LogP contribution in [0.25, 0.3) is 28.5 Å². The summed E-state index contributed by atoms with van der Waals surface area (Å²) in [5.74, 6) is 2.72. The van der Waals surface area contributed by atoms with Crippen molar-refractivity contribution in [2.75, 3.05) is 25.5 Å². The van der Waals surface area contributed by atoms with Gasteiger partial charge in [0.1, 0.15) is 27.9 Å². The molecule has 0 amide bonds. The van der Waals surface area contributed by atoms with E-state index in [9.17, 15) is 0 Å². The molecule has 10 nitrogen and oxygen atoms in total. The van der Waals surface area contributed by atoms with Crippen molar-refractivity contribution in [2.24, 2.45) is 0 Å². The molecule has 0 aliphatic heterocycles. The molecular formula is C25H23N7O3S. The Labute approximate surface area is 211 Å². The average molecular weight is 502 g/mol. The molecule has 1 aromatic carbocycles. The van der Waals surface area contributed by atoms with Crippen LogP contribution in [0.5, 0.6) is 17.4 Å². The molecule has 4 aromatic heterocycles. The molecule has 182 valence electrons. The summed E-state index contributed by atoms with van der Waals surface area (Å²) in [5.41, 5.74) is 2.16. The molecule has 0 atom stereocenters. The van der Waals surface area contributed by atoms with Gasteiger partial charge in [-0.15, -0.1) is 0 Å². The number of ether oxygens (including phenoxy) is 3. The summed E-state index contributed by atoms with van der Waals surface area (Å²) in [7, 11) is 3.21. The van der Waals surface area contributed by atoms with Gasteiger partial charge in [-0.3, -0.25) is 4.57 Å². The first-order valence-electron chi connectivity index (χ1n) is 11.1. The standard InChI is InChI=1S/C25H23N7O3S/c1-4-35-20-12-7-9-16(28-20)24-30-23-25(32(24)22-17(33-2)10-8-11-18(22)34-3)29-19(15-27-23)31-36-21-13-5-6-14-26-21/h5-15H,4H2,1-3H3,(H,29,31). The Morgan fingerprint density at radius 3 is 2.42 bits per heavy atom. The lowest BCUT2D eigenvalue weighted by Gasteiger charge is -2.16. The van der Waals surface area contributed by atoms with E-state index in [2.05, 4.69) is 19.7 Å². The molecule has 36 heavy (non-hydrogen) atoms. The van der Waals surface area contributed by atoms with Gasteiger partial charge >= 0.3 is 0 Å². The first-order chi connectivity index (χ1) is 17.7. The van der Waals surface area contributed by atoms with Gasteiger partial charge in [-0.2, -0.15) is 0 Å². The highest BCUT2D eigenvalue weighted by Crippen LogP contribution is 2.38. The van der Waals surface area contributed by atoms with Crippen molar-refractivity contribution in [1.29, 1.82) is 0 Å². The summed E-state index contributed by atoms with van der Waals surface area (Å²) in [6.07, 6.45) is 3.36. The Kier molecular flexibility index (Phi) is 6.80. The van der Waals surface area contributed by atoms with Crippen molar-refractivity contribution < 1.29 is 14.2 Å². The molecule has 0 fully saturated rings. The van der Waals surface area contributed by atoms with E-state index in [0.29, 0.717) is 58.3 Å². The zero-order valence-corrected chi connectivity index (χ0v) is 20.7. The quantitative estimate of drug-likeness (QED) is 0.283. The lowest BCUT2D eigenvalue weighted by atomic mass is 10.2. The van der Waals surface area contributed by atoms with Gasteiger partial charge in [0.15, 0.2) is 22.9 Å². The number of rotatable bonds is 9. The van der Waals surface area contributed by atoms with Crippen LogP contribution in [-0.4, -0.2) is 50.3 Å². The van der Waals surface area contributed by atoms with E-state index in [1.54, 1.807) is 32.7 Å². The van der Waals surface area contributed by atoms with Crippen LogP contribution in [0.15, 0.2) is 72.0 Å². The molecular weight excluding hydrogens is 478 g/mol. The second-order valence-corrected chi connectivity index (χ2v) is 8.18. The van der Waals surface area contributed by atoms with E-state index < -0.39 is 0 Å². The van der Waals surface area contributed by atoms with Crippen molar-refractivity contribution >= 4 is 29.1 Å². The molecule has 0 saturated carbocycles. The van der Waals surface area contributed by atoms with E-state index in [1.165, 1.54) is 11.9 Å². The number of pyridine rings is 2. The van der Waals surface area contributed by atoms with Crippen molar-refractivity contribution in [3.8, 4) is 34.6 Å². The highest BCUT2D eigenvalue weighted by molar-refractivity contribution is 8.00. The molecule has 1 N–H and O–H groups in total. The van der Waals surface area contributed by atoms with Crippen molar-refractivity contribution in [1.82, 2.24) is 29.5 Å². The minimum atomic E-state index is 0.440. The zero-order valence-electron chi connectivity index (χ0n) is 19.9. The van der Waals surface area contributed by atoms with Crippen LogP contribution in [0.3, 0.4) is 0 Å². The number of imidazole rings is 1. The minimum absolute atomic E-state index is 0.440. The van der Waals surface area contributed by atoms with Gasteiger partial charge in [0.2, 0.25) is 5.88 Å². The fraction of sp³-hybridized carbons (Fsp3) is 0.160. The molecule has 5 rings (SSSR count). The molecule has 0 aliphatic carbocycles. The number of aromatic nitrogens is 6. The maximum Gasteiger partial charge on any atom is 0.213 e. The number of fused-ring (bicyclic) bond motifs is 1. The van der Waals surface area contributed by atoms with Crippen LogP contribution >= 0.6 is 11.9 Å². The molecule has 0 unspecified atom stereocenters. The van der Waals surface area contributed by atoms with E-state index in [0.717, 1.165) is 5.03 Å². The number of methoxy groups -OCH3 is 2. The van der Waals surface area contributed by atoms with Crippen LogP contribution in [0, 0.1) is 0 Å². The van der Waals surface area contributed by atoms with Gasteiger partial charge in [0, 0.05) is 24.2 Å². The summed E-state index contributed by atoms with van der Waals surface area (Å²) >= 11 is 1.34. The predicted octanol–water partition coefficient (Wildman–Crippen LogP) is 4.81. The van der Waals surface area contributed by atoms with Gasteiger partial charge in [0.05, 0.1) is 27.0 Å². The monoisotopic (exact) mass is 501 g/mol. The van der Waals surface area contributed by atoms with Crippen molar-refractivity contribution in [2.45, 2.75) is 11.9 Å². The number of hydrogen-bond acceptors (Lipinski definition) is 10. The number of para-hydroxylation sites is 1. The molecule has 5 aromatic rings. The number of nitrogens with zero attached hydrogens (tertiary/aromatic N) is 6. The van der Waals surface area contributed by atoms with Gasteiger partial charge < -0.3 is 18.9 Å². The largest absolute Gasteiger partial charge is 0.494 e. The normalized spacial score (nSPS) is 10.9. The van der Waals surface area contributed by atoms with E-state index in [4.69, 9.17) is 24.2 Å². The van der Waals surface area contributed by atoms with Gasteiger partial charge in [-0.25, -0.2) is 24.9 Å². The fourth-order valence-corrected chi connectivity index (χ4v) is 4.18. The summed E-state index contributed by atoms with van der Waals surface area (Å²) in [6, 6.07) is 16.8. The second kappa shape index (κ2) is 10.5. The SMILES string of the molecule is CCOc1cccc(-c2nc3ncc(NSc4ccccn4)nc3n2-c2c(OC)cccc2OC)n1. The lowest BCUT2D eigenvalue weighted by molar-refractivity contribution is 0.327. The van der Waals surface area contributed by atoms with E-state index in [1.807, 2.05) is 60.0 Å². The molecule has 0 saturated heterocycles. The van der Waals surface area contributed by atoms with Gasteiger partial charge in [-0.05, 0) is 37.3 Å². The van der Waals surface area contributed by atoms with Crippen LogP contribution in [0.4, 0.5) is 5.82 Å². The first kappa shape index (κ1) is 23.4. The summed E-state index contributed by atoms with van der Waals surface area (Å²) < 4.78 is 22.1. The molecule has 4 heterocycles.